The molecule has 1 aromatic heterocycles. The molecule has 0 aliphatic carbocycles. The average molecular weight is 366 g/mol. The van der Waals surface area contributed by atoms with Crippen LogP contribution < -0.4 is 5.32 Å². The maximum Gasteiger partial charge on any atom is 0.270 e. The second-order valence-electron chi connectivity index (χ2n) is 6.47. The number of nitrogens with one attached hydrogen (secondary N) is 1. The Bertz CT molecular complexity index is 845. The first-order chi connectivity index (χ1) is 13.1. The third kappa shape index (κ3) is 4.49. The molecule has 0 atom stereocenters. The Morgan fingerprint density at radius 3 is 2.59 bits per heavy atom. The van der Waals surface area contributed by atoms with Crippen LogP contribution in [0.25, 0.3) is 0 Å². The molecule has 27 heavy (non-hydrogen) atoms. The molecule has 7 heteroatoms. The highest BCUT2D eigenvalue weighted by atomic mass is 16.2. The largest absolute Gasteiger partial charge is 0.347 e. The Morgan fingerprint density at radius 2 is 1.89 bits per heavy atom. The summed E-state index contributed by atoms with van der Waals surface area (Å²) in [5.74, 6) is -0.477. The highest BCUT2D eigenvalue weighted by molar-refractivity contribution is 5.98. The number of aryl methyl sites for hydroxylation is 1. The predicted octanol–water partition coefficient (Wildman–Crippen LogP) is 1.23. The Balaban J connectivity index is 1.64. The van der Waals surface area contributed by atoms with Gasteiger partial charge in [-0.05, 0) is 30.2 Å². The third-order valence-electron chi connectivity index (χ3n) is 4.69. The lowest BCUT2D eigenvalue weighted by Crippen LogP contribution is -2.48. The Labute approximate surface area is 158 Å². The van der Waals surface area contributed by atoms with Gasteiger partial charge in [-0.3, -0.25) is 19.4 Å². The van der Waals surface area contributed by atoms with E-state index < -0.39 is 0 Å². The summed E-state index contributed by atoms with van der Waals surface area (Å²) in [6, 6.07) is 10.9. The fraction of sp³-hybridized carbons (Fsp3) is 0.300. The summed E-state index contributed by atoms with van der Waals surface area (Å²) in [5, 5.41) is 2.84. The maximum atomic E-state index is 12.7. The SMILES string of the molecule is Cc1ccccc1CNC(=O)c1cc(C(=O)N2CCN(C=O)CC2)ccn1. The summed E-state index contributed by atoms with van der Waals surface area (Å²) in [7, 11) is 0. The number of carbonyl (C=O) groups excluding carboxylic acids is 3. The van der Waals surface area contributed by atoms with Crippen LogP contribution in [0.1, 0.15) is 32.0 Å². The highest BCUT2D eigenvalue weighted by Gasteiger charge is 2.22. The molecule has 3 amide bonds. The lowest BCUT2D eigenvalue weighted by atomic mass is 10.1. The molecule has 0 unspecified atom stereocenters. The van der Waals surface area contributed by atoms with E-state index in [1.807, 2.05) is 31.2 Å². The van der Waals surface area contributed by atoms with Gasteiger partial charge >= 0.3 is 0 Å². The predicted molar refractivity (Wildman–Crippen MR) is 100 cm³/mol. The molecule has 1 fully saturated rings. The van der Waals surface area contributed by atoms with Crippen molar-refractivity contribution in [2.45, 2.75) is 13.5 Å². The van der Waals surface area contributed by atoms with Crippen molar-refractivity contribution >= 4 is 18.2 Å². The maximum absolute atomic E-state index is 12.7. The first-order valence-corrected chi connectivity index (χ1v) is 8.86. The minimum Gasteiger partial charge on any atom is -0.347 e. The summed E-state index contributed by atoms with van der Waals surface area (Å²) < 4.78 is 0. The summed E-state index contributed by atoms with van der Waals surface area (Å²) in [6.07, 6.45) is 2.27. The van der Waals surface area contributed by atoms with E-state index in [1.165, 1.54) is 12.3 Å². The van der Waals surface area contributed by atoms with E-state index in [0.29, 0.717) is 38.3 Å². The average Bonchev–Trinajstić information content (AvgIpc) is 2.72. The van der Waals surface area contributed by atoms with Gasteiger partial charge in [0.2, 0.25) is 6.41 Å². The fourth-order valence-electron chi connectivity index (χ4n) is 2.98. The number of aromatic nitrogens is 1. The number of hydrogen-bond acceptors (Lipinski definition) is 4. The van der Waals surface area contributed by atoms with Crippen LogP contribution in [-0.4, -0.2) is 59.2 Å². The second-order valence-corrected chi connectivity index (χ2v) is 6.47. The van der Waals surface area contributed by atoms with Gasteiger partial charge in [-0.25, -0.2) is 0 Å². The van der Waals surface area contributed by atoms with E-state index in [9.17, 15) is 14.4 Å². The van der Waals surface area contributed by atoms with E-state index in [-0.39, 0.29) is 17.5 Å². The normalized spacial score (nSPS) is 14.0. The second kappa shape index (κ2) is 8.44. The molecule has 1 aliphatic rings. The number of carbonyl (C=O) groups is 3. The van der Waals surface area contributed by atoms with Crippen LogP contribution in [-0.2, 0) is 11.3 Å². The monoisotopic (exact) mass is 366 g/mol. The molecule has 1 N–H and O–H groups in total. The summed E-state index contributed by atoms with van der Waals surface area (Å²) in [6.45, 7) is 4.39. The van der Waals surface area contributed by atoms with Crippen molar-refractivity contribution < 1.29 is 14.4 Å². The van der Waals surface area contributed by atoms with Gasteiger partial charge in [-0.2, -0.15) is 0 Å². The van der Waals surface area contributed by atoms with Crippen LogP contribution in [0.5, 0.6) is 0 Å². The molecule has 2 aromatic rings. The number of nitrogens with zero attached hydrogens (tertiary/aromatic N) is 3. The molecule has 0 bridgehead atoms. The van der Waals surface area contributed by atoms with Gasteiger partial charge in [0.05, 0.1) is 0 Å². The minimum absolute atomic E-state index is 0.157. The lowest BCUT2D eigenvalue weighted by Gasteiger charge is -2.32. The number of piperazine rings is 1. The van der Waals surface area contributed by atoms with Gasteiger partial charge in [0.25, 0.3) is 11.8 Å². The Hall–Kier alpha value is -3.22. The van der Waals surface area contributed by atoms with Crippen LogP contribution in [0.4, 0.5) is 0 Å². The first-order valence-electron chi connectivity index (χ1n) is 8.86. The zero-order valence-corrected chi connectivity index (χ0v) is 15.2. The Kier molecular flexibility index (Phi) is 5.80. The topological polar surface area (TPSA) is 82.6 Å². The van der Waals surface area contributed by atoms with E-state index in [2.05, 4.69) is 10.3 Å². The lowest BCUT2D eigenvalue weighted by molar-refractivity contribution is -0.119. The van der Waals surface area contributed by atoms with Gasteiger partial charge in [0, 0.05) is 44.5 Å². The summed E-state index contributed by atoms with van der Waals surface area (Å²) in [5.41, 5.74) is 2.77. The van der Waals surface area contributed by atoms with E-state index in [0.717, 1.165) is 17.5 Å². The number of pyridine rings is 1. The Morgan fingerprint density at radius 1 is 1.15 bits per heavy atom. The molecule has 0 saturated carbocycles. The van der Waals surface area contributed by atoms with Crippen molar-refractivity contribution in [1.29, 1.82) is 0 Å². The van der Waals surface area contributed by atoms with Gasteiger partial charge in [0.1, 0.15) is 5.69 Å². The molecule has 0 radical (unpaired) electrons. The quantitative estimate of drug-likeness (QED) is 0.807. The standard InChI is InChI=1S/C20H22N4O3/c1-15-4-2-3-5-17(15)13-22-19(26)18-12-16(6-7-21-18)20(27)24-10-8-23(14-25)9-11-24/h2-7,12,14H,8-11,13H2,1H3,(H,22,26). The number of benzene rings is 1. The molecular formula is C20H22N4O3. The van der Waals surface area contributed by atoms with Crippen LogP contribution in [0.15, 0.2) is 42.6 Å². The van der Waals surface area contributed by atoms with Gasteiger partial charge in [0.15, 0.2) is 0 Å². The highest BCUT2D eigenvalue weighted by Crippen LogP contribution is 2.10. The van der Waals surface area contributed by atoms with Crippen LogP contribution >= 0.6 is 0 Å². The van der Waals surface area contributed by atoms with Crippen LogP contribution in [0, 0.1) is 6.92 Å². The van der Waals surface area contributed by atoms with Gasteiger partial charge < -0.3 is 15.1 Å². The van der Waals surface area contributed by atoms with E-state index in [1.54, 1.807) is 15.9 Å². The first kappa shape index (κ1) is 18.6. The molecule has 0 spiro atoms. The van der Waals surface area contributed by atoms with Crippen molar-refractivity contribution in [3.05, 3.63) is 65.0 Å². The number of hydrogen-bond donors (Lipinski definition) is 1. The molecule has 7 nitrogen and oxygen atoms in total. The van der Waals surface area contributed by atoms with Crippen molar-refractivity contribution in [3.63, 3.8) is 0 Å². The minimum atomic E-state index is -0.321. The zero-order valence-electron chi connectivity index (χ0n) is 15.2. The number of rotatable bonds is 5. The molecule has 140 valence electrons. The van der Waals surface area contributed by atoms with Gasteiger partial charge in [-0.15, -0.1) is 0 Å². The summed E-state index contributed by atoms with van der Waals surface area (Å²) in [4.78, 5) is 43.3. The van der Waals surface area contributed by atoms with Crippen LogP contribution in [0.2, 0.25) is 0 Å². The molecular weight excluding hydrogens is 344 g/mol. The molecule has 3 rings (SSSR count). The van der Waals surface area contributed by atoms with E-state index >= 15 is 0 Å². The van der Waals surface area contributed by atoms with E-state index in [4.69, 9.17) is 0 Å². The van der Waals surface area contributed by atoms with Crippen molar-refractivity contribution in [1.82, 2.24) is 20.1 Å². The number of amides is 3. The van der Waals surface area contributed by atoms with Crippen LogP contribution in [0.3, 0.4) is 0 Å². The third-order valence-corrected chi connectivity index (χ3v) is 4.69. The summed E-state index contributed by atoms with van der Waals surface area (Å²) >= 11 is 0. The van der Waals surface area contributed by atoms with Gasteiger partial charge in [-0.1, -0.05) is 24.3 Å². The van der Waals surface area contributed by atoms with Crippen molar-refractivity contribution in [2.75, 3.05) is 26.2 Å². The van der Waals surface area contributed by atoms with Crippen molar-refractivity contribution in [2.24, 2.45) is 0 Å². The molecule has 1 aliphatic heterocycles. The molecule has 1 aromatic carbocycles. The molecule has 2 heterocycles. The fourth-order valence-corrected chi connectivity index (χ4v) is 2.98. The smallest absolute Gasteiger partial charge is 0.270 e. The molecule has 1 saturated heterocycles. The van der Waals surface area contributed by atoms with Crippen molar-refractivity contribution in [3.8, 4) is 0 Å². The zero-order chi connectivity index (χ0) is 19.2.